The van der Waals surface area contributed by atoms with E-state index >= 15 is 0 Å². The maximum atomic E-state index is 12.4. The van der Waals surface area contributed by atoms with Crippen molar-refractivity contribution in [3.05, 3.63) is 35.3 Å². The van der Waals surface area contributed by atoms with Gasteiger partial charge in [0, 0.05) is 19.0 Å². The summed E-state index contributed by atoms with van der Waals surface area (Å²) in [5.41, 5.74) is 1.18. The van der Waals surface area contributed by atoms with Gasteiger partial charge >= 0.3 is 6.03 Å². The molecule has 0 radical (unpaired) electrons. The van der Waals surface area contributed by atoms with Gasteiger partial charge < -0.3 is 19.6 Å². The highest BCUT2D eigenvalue weighted by Gasteiger charge is 2.35. The van der Waals surface area contributed by atoms with Crippen LogP contribution in [-0.2, 0) is 13.5 Å². The van der Waals surface area contributed by atoms with Crippen LogP contribution in [0, 0.1) is 12.3 Å². The molecule has 0 bridgehead atoms. The number of aryl methyl sites for hydroxylation is 2. The number of rotatable bonds is 3. The van der Waals surface area contributed by atoms with Crippen LogP contribution in [-0.4, -0.2) is 20.8 Å². The smallest absolute Gasteiger partial charge is 0.315 e. The zero-order valence-electron chi connectivity index (χ0n) is 14.9. The molecule has 0 aliphatic heterocycles. The van der Waals surface area contributed by atoms with Crippen LogP contribution in [0.5, 0.6) is 0 Å². The minimum atomic E-state index is -0.223. The normalized spacial score (nSPS) is 20.3. The number of carbonyl (C=O) groups excluding carboxylic acids is 1. The Labute approximate surface area is 141 Å². The maximum Gasteiger partial charge on any atom is 0.315 e. The molecule has 2 aromatic heterocycles. The fraction of sp³-hybridized carbons (Fsp3) is 0.588. The first-order valence-corrected chi connectivity index (χ1v) is 8.25. The molecule has 24 heavy (non-hydrogen) atoms. The van der Waals surface area contributed by atoms with Gasteiger partial charge in [-0.25, -0.2) is 4.79 Å². The van der Waals surface area contributed by atoms with Crippen LogP contribution in [0.25, 0.3) is 0 Å². The van der Waals surface area contributed by atoms with E-state index in [1.165, 1.54) is 0 Å². The average molecular weight is 331 g/mol. The summed E-state index contributed by atoms with van der Waals surface area (Å²) in [5, 5.41) is 13.9. The van der Waals surface area contributed by atoms with Gasteiger partial charge in [0.05, 0.1) is 12.1 Å². The summed E-state index contributed by atoms with van der Waals surface area (Å²) in [6, 6.07) is 1.55. The van der Waals surface area contributed by atoms with Gasteiger partial charge in [0.25, 0.3) is 0 Å². The number of fused-ring (bicyclic) bond motifs is 1. The summed E-state index contributed by atoms with van der Waals surface area (Å²) in [5.74, 6) is 2.58. The van der Waals surface area contributed by atoms with Crippen LogP contribution in [0.1, 0.15) is 62.2 Å². The molecule has 2 atom stereocenters. The number of aromatic nitrogens is 3. The van der Waals surface area contributed by atoms with Gasteiger partial charge in [0.2, 0.25) is 0 Å². The van der Waals surface area contributed by atoms with Gasteiger partial charge in [-0.2, -0.15) is 0 Å². The van der Waals surface area contributed by atoms with E-state index in [-0.39, 0.29) is 23.5 Å². The SMILES string of the molecule is Cc1cc2c(o1)CC(C)(C)C[C@@H]2NC(=O)N[C@H](C)c1nncn1C. The molecule has 1 aliphatic rings. The van der Waals surface area contributed by atoms with Crippen LogP contribution in [0.2, 0.25) is 0 Å². The lowest BCUT2D eigenvalue weighted by Gasteiger charge is -2.34. The third-order valence-electron chi connectivity index (χ3n) is 4.52. The second-order valence-corrected chi connectivity index (χ2v) is 7.47. The molecular formula is C17H25N5O2. The molecule has 2 aromatic rings. The van der Waals surface area contributed by atoms with Crippen molar-refractivity contribution in [2.75, 3.05) is 0 Å². The Morgan fingerprint density at radius 2 is 2.25 bits per heavy atom. The predicted molar refractivity (Wildman–Crippen MR) is 89.4 cm³/mol. The van der Waals surface area contributed by atoms with Gasteiger partial charge in [-0.05, 0) is 31.7 Å². The first-order valence-electron chi connectivity index (χ1n) is 8.25. The van der Waals surface area contributed by atoms with Gasteiger partial charge in [-0.15, -0.1) is 10.2 Å². The van der Waals surface area contributed by atoms with E-state index in [4.69, 9.17) is 4.42 Å². The number of nitrogens with zero attached hydrogens (tertiary/aromatic N) is 3. The second kappa shape index (κ2) is 5.96. The van der Waals surface area contributed by atoms with Gasteiger partial charge in [-0.1, -0.05) is 13.8 Å². The van der Waals surface area contributed by atoms with Crippen molar-refractivity contribution in [3.8, 4) is 0 Å². The van der Waals surface area contributed by atoms with Crippen LogP contribution in [0.4, 0.5) is 4.79 Å². The highest BCUT2D eigenvalue weighted by molar-refractivity contribution is 5.75. The summed E-state index contributed by atoms with van der Waals surface area (Å²) in [7, 11) is 1.86. The monoisotopic (exact) mass is 331 g/mol. The third kappa shape index (κ3) is 3.29. The minimum absolute atomic E-state index is 0.0482. The van der Waals surface area contributed by atoms with Crippen molar-refractivity contribution >= 4 is 6.03 Å². The van der Waals surface area contributed by atoms with Crippen LogP contribution in [0.15, 0.2) is 16.8 Å². The van der Waals surface area contributed by atoms with Crippen LogP contribution >= 0.6 is 0 Å². The van der Waals surface area contributed by atoms with E-state index < -0.39 is 0 Å². The molecule has 7 heteroatoms. The zero-order chi connectivity index (χ0) is 17.5. The molecule has 0 fully saturated rings. The largest absolute Gasteiger partial charge is 0.466 e. The molecular weight excluding hydrogens is 306 g/mol. The van der Waals surface area contributed by atoms with Crippen molar-refractivity contribution in [3.63, 3.8) is 0 Å². The third-order valence-corrected chi connectivity index (χ3v) is 4.52. The van der Waals surface area contributed by atoms with Crippen molar-refractivity contribution in [2.45, 2.75) is 52.6 Å². The average Bonchev–Trinajstić information content (AvgIpc) is 3.02. The topological polar surface area (TPSA) is 85.0 Å². The van der Waals surface area contributed by atoms with Crippen molar-refractivity contribution < 1.29 is 9.21 Å². The lowest BCUT2D eigenvalue weighted by atomic mass is 9.75. The Balaban J connectivity index is 1.71. The van der Waals surface area contributed by atoms with E-state index in [1.807, 2.05) is 27.0 Å². The lowest BCUT2D eigenvalue weighted by molar-refractivity contribution is 0.212. The molecule has 0 aromatic carbocycles. The van der Waals surface area contributed by atoms with Gasteiger partial charge in [0.1, 0.15) is 17.8 Å². The summed E-state index contributed by atoms with van der Waals surface area (Å²) in [6.45, 7) is 8.23. The summed E-state index contributed by atoms with van der Waals surface area (Å²) in [4.78, 5) is 12.4. The van der Waals surface area contributed by atoms with Crippen molar-refractivity contribution in [1.29, 1.82) is 0 Å². The quantitative estimate of drug-likeness (QED) is 0.905. The zero-order valence-corrected chi connectivity index (χ0v) is 14.9. The number of amides is 2. The van der Waals surface area contributed by atoms with E-state index in [0.29, 0.717) is 5.82 Å². The summed E-state index contributed by atoms with van der Waals surface area (Å²) < 4.78 is 7.61. The second-order valence-electron chi connectivity index (χ2n) is 7.47. The molecule has 2 heterocycles. The molecule has 1 aliphatic carbocycles. The Bertz CT molecular complexity index is 746. The Morgan fingerprint density at radius 3 is 2.92 bits per heavy atom. The molecule has 0 spiro atoms. The van der Waals surface area contributed by atoms with E-state index in [0.717, 1.165) is 29.9 Å². The Hall–Kier alpha value is -2.31. The molecule has 2 amide bonds. The highest BCUT2D eigenvalue weighted by atomic mass is 16.3. The van der Waals surface area contributed by atoms with Crippen molar-refractivity contribution in [2.24, 2.45) is 12.5 Å². The van der Waals surface area contributed by atoms with Gasteiger partial charge in [0.15, 0.2) is 5.82 Å². The van der Waals surface area contributed by atoms with E-state index in [9.17, 15) is 4.79 Å². The molecule has 0 saturated carbocycles. The van der Waals surface area contributed by atoms with Crippen molar-refractivity contribution in [1.82, 2.24) is 25.4 Å². The summed E-state index contributed by atoms with van der Waals surface area (Å²) in [6.07, 6.45) is 3.39. The number of urea groups is 1. The number of furan rings is 1. The van der Waals surface area contributed by atoms with Gasteiger partial charge in [-0.3, -0.25) is 0 Å². The fourth-order valence-electron chi connectivity index (χ4n) is 3.46. The number of hydrogen-bond acceptors (Lipinski definition) is 4. The maximum absolute atomic E-state index is 12.4. The molecule has 7 nitrogen and oxygen atoms in total. The molecule has 3 rings (SSSR count). The summed E-state index contributed by atoms with van der Waals surface area (Å²) >= 11 is 0. The molecule has 0 saturated heterocycles. The van der Waals surface area contributed by atoms with Crippen LogP contribution in [0.3, 0.4) is 0 Å². The predicted octanol–water partition coefficient (Wildman–Crippen LogP) is 2.79. The Kier molecular flexibility index (Phi) is 4.11. The Morgan fingerprint density at radius 1 is 1.50 bits per heavy atom. The first kappa shape index (κ1) is 16.5. The van der Waals surface area contributed by atoms with E-state index in [1.54, 1.807) is 10.9 Å². The van der Waals surface area contributed by atoms with E-state index in [2.05, 4.69) is 34.7 Å². The number of carbonyl (C=O) groups is 1. The fourth-order valence-corrected chi connectivity index (χ4v) is 3.46. The molecule has 2 N–H and O–H groups in total. The first-order chi connectivity index (χ1) is 11.2. The minimum Gasteiger partial charge on any atom is -0.466 e. The molecule has 130 valence electrons. The lowest BCUT2D eigenvalue weighted by Crippen LogP contribution is -2.42. The highest BCUT2D eigenvalue weighted by Crippen LogP contribution is 2.41. The standard InChI is InChI=1S/C17H25N5O2/c1-10-6-12-13(7-17(3,4)8-14(12)24-10)20-16(23)19-11(2)15-21-18-9-22(15)5/h6,9,11,13H,7-8H2,1-5H3,(H2,19,20,23)/t11-,13+/m1/s1. The molecule has 0 unspecified atom stereocenters. The van der Waals surface area contributed by atoms with Crippen LogP contribution < -0.4 is 10.6 Å². The number of hydrogen-bond donors (Lipinski definition) is 2. The number of nitrogens with one attached hydrogen (secondary N) is 2.